The first-order valence-electron chi connectivity index (χ1n) is 13.9. The van der Waals surface area contributed by atoms with Crippen LogP contribution in [0.4, 0.5) is 0 Å². The number of thiophene rings is 1. The van der Waals surface area contributed by atoms with Crippen LogP contribution in [0.15, 0.2) is 76.9 Å². The number of aliphatic hydroxyl groups excluding tert-OH is 1. The molecule has 0 fully saturated rings. The van der Waals surface area contributed by atoms with Crippen LogP contribution in [0.5, 0.6) is 0 Å². The quantitative estimate of drug-likeness (QED) is 0.101. The molecule has 0 aliphatic carbocycles. The molecule has 6 aromatic rings. The van der Waals surface area contributed by atoms with E-state index in [2.05, 4.69) is 36.4 Å². The summed E-state index contributed by atoms with van der Waals surface area (Å²) >= 11 is 1.79. The standard InChI is InChI=1S/C21H10NOS.C13H24O2.Ir/c1-2-7-14-12(5-1)11-16-21(22-14)13-6-3-9-17-19(13)20-15(23-16)8-4-10-18(20)24-17;1-5-10(6-2)12(14)9-13(15)11(7-3)8-4;/h1-5,7-11H;9-11,14H,5-8H2,1-4H3;/q-1;;/b;12-9-;. The van der Waals surface area contributed by atoms with E-state index in [1.54, 1.807) is 11.3 Å². The number of hydrogen-bond donors (Lipinski definition) is 1. The minimum absolute atomic E-state index is 0. The summed E-state index contributed by atoms with van der Waals surface area (Å²) in [6.07, 6.45) is 4.91. The van der Waals surface area contributed by atoms with Crippen molar-refractivity contribution in [1.82, 2.24) is 4.98 Å². The molecule has 1 N–H and O–H groups in total. The van der Waals surface area contributed by atoms with Gasteiger partial charge in [-0.2, -0.15) is 11.3 Å². The van der Waals surface area contributed by atoms with Crippen LogP contribution in [-0.2, 0) is 24.9 Å². The minimum Gasteiger partial charge on any atom is -0.512 e. The summed E-state index contributed by atoms with van der Waals surface area (Å²) in [6, 6.07) is 24.0. The predicted molar refractivity (Wildman–Crippen MR) is 165 cm³/mol. The summed E-state index contributed by atoms with van der Waals surface area (Å²) in [7, 11) is 0. The second-order valence-corrected chi connectivity index (χ2v) is 11.0. The van der Waals surface area contributed by atoms with E-state index in [1.807, 2.05) is 58.0 Å². The van der Waals surface area contributed by atoms with E-state index in [-0.39, 0.29) is 43.5 Å². The Kier molecular flexibility index (Phi) is 9.78. The summed E-state index contributed by atoms with van der Waals surface area (Å²) in [4.78, 5) is 16.6. The molecule has 0 amide bonds. The molecule has 3 aromatic carbocycles. The van der Waals surface area contributed by atoms with E-state index in [4.69, 9.17) is 9.40 Å². The van der Waals surface area contributed by atoms with Gasteiger partial charge in [-0.3, -0.25) is 9.78 Å². The van der Waals surface area contributed by atoms with E-state index in [9.17, 15) is 9.90 Å². The third-order valence-corrected chi connectivity index (χ3v) is 8.76. The number of fused-ring (bicyclic) bond motifs is 3. The van der Waals surface area contributed by atoms with Crippen molar-refractivity contribution in [1.29, 1.82) is 0 Å². The Labute approximate surface area is 252 Å². The number of aromatic nitrogens is 1. The summed E-state index contributed by atoms with van der Waals surface area (Å²) in [6.45, 7) is 8.07. The molecule has 40 heavy (non-hydrogen) atoms. The third kappa shape index (κ3) is 5.72. The van der Waals surface area contributed by atoms with Gasteiger partial charge in [0, 0.05) is 59.0 Å². The fourth-order valence-electron chi connectivity index (χ4n) is 5.30. The molecule has 4 nitrogen and oxygen atoms in total. The van der Waals surface area contributed by atoms with E-state index < -0.39 is 0 Å². The third-order valence-electron chi connectivity index (χ3n) is 7.64. The largest absolute Gasteiger partial charge is 0.512 e. The molecule has 0 unspecified atom stereocenters. The van der Waals surface area contributed by atoms with Gasteiger partial charge in [0.15, 0.2) is 5.78 Å². The molecule has 0 aliphatic heterocycles. The van der Waals surface area contributed by atoms with Crippen molar-refractivity contribution in [2.75, 3.05) is 0 Å². The molecule has 0 bridgehead atoms. The number of para-hydroxylation sites is 1. The molecule has 0 saturated heterocycles. The van der Waals surface area contributed by atoms with Crippen LogP contribution < -0.4 is 0 Å². The van der Waals surface area contributed by atoms with E-state index in [0.717, 1.165) is 58.7 Å². The average Bonchev–Trinajstić information content (AvgIpc) is 3.27. The summed E-state index contributed by atoms with van der Waals surface area (Å²) < 4.78 is 8.80. The number of ketones is 1. The average molecular weight is 729 g/mol. The SMILES string of the molecule is CCC(CC)C(=O)/C=C(\O)C(CC)CC.[Ir].[c-]1ccc2sc3cccc4oc5cc6ccccc6nc5c1c2c43. The Balaban J connectivity index is 0.000000204. The van der Waals surface area contributed by atoms with Crippen LogP contribution in [0, 0.1) is 17.9 Å². The maximum absolute atomic E-state index is 11.7. The second kappa shape index (κ2) is 13.1. The number of aliphatic hydroxyl groups is 1. The zero-order chi connectivity index (χ0) is 27.5. The van der Waals surface area contributed by atoms with Crippen LogP contribution in [0.3, 0.4) is 0 Å². The van der Waals surface area contributed by atoms with Gasteiger partial charge in [-0.1, -0.05) is 57.3 Å². The Morgan fingerprint density at radius 2 is 1.62 bits per heavy atom. The number of carbonyl (C=O) groups is 1. The molecule has 0 atom stereocenters. The van der Waals surface area contributed by atoms with Crippen molar-refractivity contribution in [3.05, 3.63) is 78.6 Å². The zero-order valence-corrected chi connectivity index (χ0v) is 26.5. The maximum Gasteiger partial charge on any atom is 0.162 e. The number of allylic oxidation sites excluding steroid dienone is 2. The number of nitrogens with zero attached hydrogens (tertiary/aromatic N) is 1. The van der Waals surface area contributed by atoms with E-state index in [1.165, 1.54) is 26.2 Å². The fraction of sp³-hybridized carbons (Fsp3) is 0.294. The topological polar surface area (TPSA) is 63.3 Å². The van der Waals surface area contributed by atoms with Gasteiger partial charge >= 0.3 is 0 Å². The first-order chi connectivity index (χ1) is 19.0. The summed E-state index contributed by atoms with van der Waals surface area (Å²) in [5.41, 5.74) is 3.54. The molecule has 6 rings (SSSR count). The number of rotatable bonds is 7. The number of benzene rings is 3. The first-order valence-corrected chi connectivity index (χ1v) is 14.7. The number of hydrogen-bond acceptors (Lipinski definition) is 5. The van der Waals surface area contributed by atoms with Crippen molar-refractivity contribution in [2.24, 2.45) is 11.8 Å². The first kappa shape index (κ1) is 29.9. The normalized spacial score (nSPS) is 12.0. The van der Waals surface area contributed by atoms with Gasteiger partial charge in [0.2, 0.25) is 0 Å². The maximum atomic E-state index is 11.7. The van der Waals surface area contributed by atoms with Gasteiger partial charge in [0.05, 0.1) is 11.3 Å². The van der Waals surface area contributed by atoms with Crippen molar-refractivity contribution in [2.45, 2.75) is 53.4 Å². The Hall–Kier alpha value is -3.05. The molecule has 3 heterocycles. The predicted octanol–water partition coefficient (Wildman–Crippen LogP) is 10.2. The van der Waals surface area contributed by atoms with Gasteiger partial charge in [-0.15, -0.1) is 23.6 Å². The molecule has 1 radical (unpaired) electrons. The van der Waals surface area contributed by atoms with Crippen LogP contribution in [0.1, 0.15) is 53.4 Å². The van der Waals surface area contributed by atoms with Crippen molar-refractivity contribution < 1.29 is 34.4 Å². The smallest absolute Gasteiger partial charge is 0.162 e. The molecule has 209 valence electrons. The van der Waals surface area contributed by atoms with Gasteiger partial charge in [-0.05, 0) is 54.6 Å². The van der Waals surface area contributed by atoms with Crippen LogP contribution in [-0.4, -0.2) is 15.9 Å². The Morgan fingerprint density at radius 3 is 2.35 bits per heavy atom. The second-order valence-electron chi connectivity index (χ2n) is 9.95. The Bertz CT molecular complexity index is 1810. The van der Waals surface area contributed by atoms with Gasteiger partial charge < -0.3 is 9.52 Å². The van der Waals surface area contributed by atoms with Gasteiger partial charge in [0.1, 0.15) is 11.2 Å². The molecule has 0 aliphatic rings. The molecule has 6 heteroatoms. The van der Waals surface area contributed by atoms with Crippen LogP contribution >= 0.6 is 11.3 Å². The van der Waals surface area contributed by atoms with Crippen molar-refractivity contribution in [3.8, 4) is 0 Å². The fourth-order valence-corrected chi connectivity index (χ4v) is 6.43. The zero-order valence-electron chi connectivity index (χ0n) is 23.3. The van der Waals surface area contributed by atoms with Crippen LogP contribution in [0.2, 0.25) is 0 Å². The summed E-state index contributed by atoms with van der Waals surface area (Å²) in [5, 5.41) is 14.3. The summed E-state index contributed by atoms with van der Waals surface area (Å²) in [5.74, 6) is 0.547. The van der Waals surface area contributed by atoms with E-state index in [0.29, 0.717) is 0 Å². The van der Waals surface area contributed by atoms with Crippen molar-refractivity contribution >= 4 is 70.3 Å². The number of carbonyl (C=O) groups excluding carboxylic acids is 1. The molecular formula is C34H34IrNO3S-. The molecule has 0 saturated carbocycles. The van der Waals surface area contributed by atoms with Crippen molar-refractivity contribution in [3.63, 3.8) is 0 Å². The monoisotopic (exact) mass is 729 g/mol. The van der Waals surface area contributed by atoms with E-state index >= 15 is 0 Å². The Morgan fingerprint density at radius 1 is 0.925 bits per heavy atom. The number of pyridine rings is 1. The molecular weight excluding hydrogens is 695 g/mol. The molecule has 0 spiro atoms. The van der Waals surface area contributed by atoms with Crippen LogP contribution in [0.25, 0.3) is 53.1 Å². The molecule has 3 aromatic heterocycles. The minimum atomic E-state index is 0. The van der Waals surface area contributed by atoms with Gasteiger partial charge in [-0.25, -0.2) is 0 Å². The van der Waals surface area contributed by atoms with Gasteiger partial charge in [0.25, 0.3) is 0 Å².